The molecule has 26 heavy (non-hydrogen) atoms. The lowest BCUT2D eigenvalue weighted by molar-refractivity contribution is 0.0552. The Balaban J connectivity index is 1.92. The van der Waals surface area contributed by atoms with Crippen LogP contribution < -0.4 is 10.1 Å². The maximum absolute atomic E-state index is 12.2. The van der Waals surface area contributed by atoms with E-state index in [1.807, 2.05) is 24.3 Å². The number of carbonyl (C=O) groups is 2. The van der Waals surface area contributed by atoms with Crippen LogP contribution in [0.15, 0.2) is 48.5 Å². The molecule has 0 unspecified atom stereocenters. The number of methoxy groups -OCH3 is 2. The summed E-state index contributed by atoms with van der Waals surface area (Å²) in [6, 6.07) is 13.5. The first-order chi connectivity index (χ1) is 12.3. The highest BCUT2D eigenvalue weighted by molar-refractivity contribution is 5.96. The molecule has 0 bridgehead atoms. The van der Waals surface area contributed by atoms with Gasteiger partial charge in [-0.15, -0.1) is 0 Å². The van der Waals surface area contributed by atoms with Gasteiger partial charge in [-0.2, -0.15) is 0 Å². The van der Waals surface area contributed by atoms with Gasteiger partial charge in [-0.1, -0.05) is 12.1 Å². The Bertz CT molecular complexity index is 751. The van der Waals surface area contributed by atoms with E-state index in [4.69, 9.17) is 4.74 Å². The fourth-order valence-electron chi connectivity index (χ4n) is 2.49. The van der Waals surface area contributed by atoms with Crippen LogP contribution in [0.1, 0.15) is 33.2 Å². The maximum Gasteiger partial charge on any atom is 0.337 e. The molecule has 0 radical (unpaired) electrons. The van der Waals surface area contributed by atoms with Crippen LogP contribution in [0, 0.1) is 0 Å². The summed E-state index contributed by atoms with van der Waals surface area (Å²) in [6.45, 7) is 1.76. The van der Waals surface area contributed by atoms with Crippen LogP contribution in [0.4, 0.5) is 0 Å². The number of aliphatic hydroxyl groups is 1. The predicted molar refractivity (Wildman–Crippen MR) is 97.4 cm³/mol. The molecule has 0 aliphatic heterocycles. The third-order valence-corrected chi connectivity index (χ3v) is 3.94. The molecular formula is C20H23NO5. The van der Waals surface area contributed by atoms with Crippen LogP contribution in [0.2, 0.25) is 0 Å². The third-order valence-electron chi connectivity index (χ3n) is 3.94. The highest BCUT2D eigenvalue weighted by Gasteiger charge is 2.22. The molecule has 0 aliphatic carbocycles. The summed E-state index contributed by atoms with van der Waals surface area (Å²) in [6.07, 6.45) is 0.387. The number of benzene rings is 2. The smallest absolute Gasteiger partial charge is 0.337 e. The van der Waals surface area contributed by atoms with E-state index in [2.05, 4.69) is 10.1 Å². The Kier molecular flexibility index (Phi) is 6.36. The minimum absolute atomic E-state index is 0.0939. The lowest BCUT2D eigenvalue weighted by atomic mass is 9.96. The fourth-order valence-corrected chi connectivity index (χ4v) is 2.49. The first-order valence-electron chi connectivity index (χ1n) is 8.16. The van der Waals surface area contributed by atoms with Gasteiger partial charge in [0.15, 0.2) is 0 Å². The summed E-state index contributed by atoms with van der Waals surface area (Å²) in [7, 11) is 2.90. The number of hydrogen-bond donors (Lipinski definition) is 2. The van der Waals surface area contributed by atoms with Crippen molar-refractivity contribution in [3.63, 3.8) is 0 Å². The van der Waals surface area contributed by atoms with Gasteiger partial charge in [0.05, 0.1) is 25.4 Å². The van der Waals surface area contributed by atoms with Crippen molar-refractivity contribution in [3.8, 4) is 5.75 Å². The lowest BCUT2D eigenvalue weighted by Crippen LogP contribution is -2.42. The minimum Gasteiger partial charge on any atom is -0.497 e. The van der Waals surface area contributed by atoms with E-state index in [9.17, 15) is 14.7 Å². The molecule has 2 aromatic carbocycles. The van der Waals surface area contributed by atoms with Gasteiger partial charge in [-0.3, -0.25) is 4.79 Å². The van der Waals surface area contributed by atoms with Crippen molar-refractivity contribution < 1.29 is 24.2 Å². The van der Waals surface area contributed by atoms with E-state index in [0.29, 0.717) is 17.5 Å². The largest absolute Gasteiger partial charge is 0.497 e. The molecule has 0 spiro atoms. The predicted octanol–water partition coefficient (Wildman–Crippen LogP) is 2.21. The standard InChI is InChI=1S/C20H23NO5/c1-20(24,12-14-4-10-17(25-2)11-5-14)13-21-18(22)15-6-8-16(9-7-15)19(23)26-3/h4-11,24H,12-13H2,1-3H3,(H,21,22)/t20-/m1/s1. The van der Waals surface area contributed by atoms with Gasteiger partial charge in [0.1, 0.15) is 5.75 Å². The molecular weight excluding hydrogens is 334 g/mol. The van der Waals surface area contributed by atoms with Crippen LogP contribution in [0.5, 0.6) is 5.75 Å². The van der Waals surface area contributed by atoms with E-state index in [1.165, 1.54) is 19.2 Å². The maximum atomic E-state index is 12.2. The normalized spacial score (nSPS) is 12.8. The molecule has 1 atom stereocenters. The second kappa shape index (κ2) is 8.49. The SMILES string of the molecule is COC(=O)c1ccc(C(=O)NC[C@](C)(O)Cc2ccc(OC)cc2)cc1. The van der Waals surface area contributed by atoms with Crippen molar-refractivity contribution in [2.75, 3.05) is 20.8 Å². The number of ether oxygens (including phenoxy) is 2. The van der Waals surface area contributed by atoms with Gasteiger partial charge in [0.25, 0.3) is 5.91 Å². The molecule has 6 heteroatoms. The molecule has 0 saturated heterocycles. The summed E-state index contributed by atoms with van der Waals surface area (Å²) in [4.78, 5) is 23.6. The number of hydrogen-bond acceptors (Lipinski definition) is 5. The summed E-state index contributed by atoms with van der Waals surface area (Å²) in [5, 5.41) is 13.2. The molecule has 2 N–H and O–H groups in total. The van der Waals surface area contributed by atoms with Crippen LogP contribution in [0.25, 0.3) is 0 Å². The Labute approximate surface area is 152 Å². The quantitative estimate of drug-likeness (QED) is 0.742. The van der Waals surface area contributed by atoms with Gasteiger partial charge in [-0.25, -0.2) is 4.79 Å². The number of carbonyl (C=O) groups excluding carboxylic acids is 2. The van der Waals surface area contributed by atoms with Crippen molar-refractivity contribution in [3.05, 3.63) is 65.2 Å². The van der Waals surface area contributed by atoms with E-state index in [-0.39, 0.29) is 12.5 Å². The molecule has 6 nitrogen and oxygen atoms in total. The van der Waals surface area contributed by atoms with Crippen LogP contribution >= 0.6 is 0 Å². The first-order valence-corrected chi connectivity index (χ1v) is 8.16. The van der Waals surface area contributed by atoms with Crippen LogP contribution in [-0.2, 0) is 11.2 Å². The zero-order valence-electron chi connectivity index (χ0n) is 15.1. The second-order valence-electron chi connectivity index (χ2n) is 6.27. The molecule has 0 saturated carbocycles. The van der Waals surface area contributed by atoms with Gasteiger partial charge in [0.2, 0.25) is 0 Å². The van der Waals surface area contributed by atoms with E-state index < -0.39 is 11.6 Å². The van der Waals surface area contributed by atoms with E-state index in [0.717, 1.165) is 11.3 Å². The average molecular weight is 357 g/mol. The van der Waals surface area contributed by atoms with Crippen LogP contribution in [-0.4, -0.2) is 43.3 Å². The average Bonchev–Trinajstić information content (AvgIpc) is 2.66. The van der Waals surface area contributed by atoms with Crippen LogP contribution in [0.3, 0.4) is 0 Å². The van der Waals surface area contributed by atoms with E-state index in [1.54, 1.807) is 26.2 Å². The monoisotopic (exact) mass is 357 g/mol. The van der Waals surface area contributed by atoms with Crippen molar-refractivity contribution in [2.24, 2.45) is 0 Å². The van der Waals surface area contributed by atoms with Gasteiger partial charge in [-0.05, 0) is 48.9 Å². The first kappa shape index (κ1) is 19.5. The number of nitrogens with one attached hydrogen (secondary N) is 1. The molecule has 0 aliphatic rings. The van der Waals surface area contributed by atoms with Crippen molar-refractivity contribution in [1.82, 2.24) is 5.32 Å². The van der Waals surface area contributed by atoms with Gasteiger partial charge >= 0.3 is 5.97 Å². The van der Waals surface area contributed by atoms with Crippen molar-refractivity contribution >= 4 is 11.9 Å². The van der Waals surface area contributed by atoms with Gasteiger partial charge < -0.3 is 19.9 Å². The summed E-state index contributed by atoms with van der Waals surface area (Å²) >= 11 is 0. The number of esters is 1. The Morgan fingerprint density at radius 2 is 1.58 bits per heavy atom. The van der Waals surface area contributed by atoms with Crippen molar-refractivity contribution in [1.29, 1.82) is 0 Å². The van der Waals surface area contributed by atoms with Gasteiger partial charge in [0, 0.05) is 18.5 Å². The second-order valence-corrected chi connectivity index (χ2v) is 6.27. The van der Waals surface area contributed by atoms with Crippen molar-refractivity contribution in [2.45, 2.75) is 18.9 Å². The zero-order valence-corrected chi connectivity index (χ0v) is 15.1. The molecule has 1 amide bonds. The molecule has 138 valence electrons. The number of amides is 1. The Morgan fingerprint density at radius 3 is 2.12 bits per heavy atom. The highest BCUT2D eigenvalue weighted by atomic mass is 16.5. The summed E-state index contributed by atoms with van der Waals surface area (Å²) in [5.41, 5.74) is 0.608. The molecule has 0 aromatic heterocycles. The molecule has 0 fully saturated rings. The minimum atomic E-state index is -1.10. The molecule has 2 aromatic rings. The topological polar surface area (TPSA) is 84.9 Å². The highest BCUT2D eigenvalue weighted by Crippen LogP contribution is 2.17. The third kappa shape index (κ3) is 5.32. The zero-order chi connectivity index (χ0) is 19.2. The summed E-state index contributed by atoms with van der Waals surface area (Å²) < 4.78 is 9.73. The Morgan fingerprint density at radius 1 is 1.00 bits per heavy atom. The molecule has 0 heterocycles. The summed E-state index contributed by atoms with van der Waals surface area (Å²) in [5.74, 6) is -0.0344. The van der Waals surface area contributed by atoms with E-state index >= 15 is 0 Å². The molecule has 2 rings (SSSR count). The lowest BCUT2D eigenvalue weighted by Gasteiger charge is -2.24. The fraction of sp³-hybridized carbons (Fsp3) is 0.300. The number of rotatable bonds is 7. The Hall–Kier alpha value is -2.86.